The van der Waals surface area contributed by atoms with Crippen molar-refractivity contribution in [3.8, 4) is 5.75 Å². The number of nitrogens with zero attached hydrogens (tertiary/aromatic N) is 1. The van der Waals surface area contributed by atoms with Crippen molar-refractivity contribution in [1.82, 2.24) is 0 Å². The normalized spacial score (nSPS) is 21.4. The van der Waals surface area contributed by atoms with Crippen molar-refractivity contribution in [3.05, 3.63) is 54.3 Å². The Bertz CT molecular complexity index is 1410. The summed E-state index contributed by atoms with van der Waals surface area (Å²) in [6.45, 7) is 4.68. The van der Waals surface area contributed by atoms with Crippen molar-refractivity contribution in [2.24, 2.45) is 11.1 Å². The molecule has 3 N–H and O–H groups in total. The van der Waals surface area contributed by atoms with Gasteiger partial charge in [0.25, 0.3) is 0 Å². The number of amides is 1. The number of hydrogen-bond acceptors (Lipinski definition) is 7. The Morgan fingerprint density at radius 1 is 1.15 bits per heavy atom. The van der Waals surface area contributed by atoms with Gasteiger partial charge < -0.3 is 20.5 Å². The van der Waals surface area contributed by atoms with Crippen LogP contribution in [0.15, 0.2) is 58.5 Å². The second-order valence-electron chi connectivity index (χ2n) is 11.2. The molecule has 0 bridgehead atoms. The fourth-order valence-corrected chi connectivity index (χ4v) is 9.01. The molecule has 0 aromatic heterocycles. The molecule has 1 aliphatic carbocycles. The predicted octanol–water partition coefficient (Wildman–Crippen LogP) is 6.19. The van der Waals surface area contributed by atoms with Crippen LogP contribution in [-0.4, -0.2) is 44.0 Å². The van der Waals surface area contributed by atoms with E-state index in [1.54, 1.807) is 0 Å². The lowest BCUT2D eigenvalue weighted by Crippen LogP contribution is -2.39. The van der Waals surface area contributed by atoms with Crippen LogP contribution in [0.3, 0.4) is 0 Å². The minimum absolute atomic E-state index is 0.00584. The summed E-state index contributed by atoms with van der Waals surface area (Å²) >= 11 is 1.39. The first-order chi connectivity index (χ1) is 19.5. The van der Waals surface area contributed by atoms with Gasteiger partial charge in [-0.25, -0.2) is 13.2 Å². The molecule has 2 aromatic rings. The summed E-state index contributed by atoms with van der Waals surface area (Å²) in [6, 6.07) is 11.2. The van der Waals surface area contributed by atoms with E-state index < -0.39 is 26.6 Å². The molecular formula is C31H40N2O6S2. The molecule has 8 nitrogen and oxygen atoms in total. The molecule has 1 heterocycles. The SMILES string of the molecule is CCCCC1(CC)CN(c2ccc(C3(C(N)=O)CCCC3)cc2)c2cc(SC)c(O/C=C/C(=O)O)cc2S(=O)(=O)C1. The lowest BCUT2D eigenvalue weighted by atomic mass is 9.78. The van der Waals surface area contributed by atoms with Crippen LogP contribution in [0.25, 0.3) is 0 Å². The minimum atomic E-state index is -3.73. The van der Waals surface area contributed by atoms with E-state index in [0.717, 1.165) is 68.5 Å². The Morgan fingerprint density at radius 3 is 2.39 bits per heavy atom. The number of unbranched alkanes of at least 4 members (excludes halogenated alkanes) is 1. The Morgan fingerprint density at radius 2 is 1.83 bits per heavy atom. The molecule has 1 fully saturated rings. The van der Waals surface area contributed by atoms with Crippen molar-refractivity contribution < 1.29 is 27.9 Å². The highest BCUT2D eigenvalue weighted by molar-refractivity contribution is 7.98. The van der Waals surface area contributed by atoms with Gasteiger partial charge in [0.2, 0.25) is 5.91 Å². The molecule has 1 aliphatic heterocycles. The van der Waals surface area contributed by atoms with Crippen LogP contribution in [0.5, 0.6) is 5.75 Å². The highest BCUT2D eigenvalue weighted by Gasteiger charge is 2.43. The van der Waals surface area contributed by atoms with Gasteiger partial charge in [0.1, 0.15) is 5.75 Å². The number of benzene rings is 2. The van der Waals surface area contributed by atoms with Gasteiger partial charge in [0, 0.05) is 23.7 Å². The topological polar surface area (TPSA) is 127 Å². The third-order valence-electron chi connectivity index (χ3n) is 8.74. The molecule has 1 saturated carbocycles. The number of nitrogens with two attached hydrogens (primary N) is 1. The van der Waals surface area contributed by atoms with Crippen LogP contribution in [-0.2, 0) is 24.8 Å². The van der Waals surface area contributed by atoms with E-state index >= 15 is 0 Å². The number of aliphatic carboxylic acids is 1. The van der Waals surface area contributed by atoms with Gasteiger partial charge in [-0.3, -0.25) is 4.79 Å². The standard InChI is InChI=1S/C31H40N2O6S2/c1-4-6-14-30(5-2)20-33(23-11-9-22(10-12-23)31(29(32)36)15-7-8-16-31)24-18-26(40-3)25(39-17-13-28(34)35)19-27(24)41(37,38)21-30/h9-13,17-19H,4-8,14-16,20-21H2,1-3H3,(H2,32,36)(H,34,35)/b17-13+. The number of ether oxygens (including phenoxy) is 1. The number of carbonyl (C=O) groups excluding carboxylic acids is 1. The third-order valence-corrected chi connectivity index (χ3v) is 11.5. The van der Waals surface area contributed by atoms with Crippen LogP contribution < -0.4 is 15.4 Å². The molecule has 2 aliphatic rings. The lowest BCUT2D eigenvalue weighted by Gasteiger charge is -2.37. The van der Waals surface area contributed by atoms with Gasteiger partial charge in [0.05, 0.1) is 39.0 Å². The summed E-state index contributed by atoms with van der Waals surface area (Å²) in [5, 5.41) is 8.98. The average molecular weight is 601 g/mol. The molecule has 222 valence electrons. The monoisotopic (exact) mass is 600 g/mol. The number of carbonyl (C=O) groups is 2. The number of sulfone groups is 1. The average Bonchev–Trinajstić information content (AvgIpc) is 3.43. The van der Waals surface area contributed by atoms with E-state index in [0.29, 0.717) is 23.5 Å². The summed E-state index contributed by atoms with van der Waals surface area (Å²) in [7, 11) is -3.73. The largest absolute Gasteiger partial charge is 0.478 e. The molecular weight excluding hydrogens is 560 g/mol. The summed E-state index contributed by atoms with van der Waals surface area (Å²) < 4.78 is 33.7. The quantitative estimate of drug-likeness (QED) is 0.177. The Hall–Kier alpha value is -2.98. The summed E-state index contributed by atoms with van der Waals surface area (Å²) in [6.07, 6.45) is 10.5. The molecule has 2 aromatic carbocycles. The summed E-state index contributed by atoms with van der Waals surface area (Å²) in [5.41, 5.74) is 7.06. The van der Waals surface area contributed by atoms with E-state index in [4.69, 9.17) is 15.6 Å². The van der Waals surface area contributed by atoms with Gasteiger partial charge in [0.15, 0.2) is 9.84 Å². The van der Waals surface area contributed by atoms with E-state index in [-0.39, 0.29) is 22.3 Å². The van der Waals surface area contributed by atoms with E-state index in [1.165, 1.54) is 17.8 Å². The first kappa shape index (κ1) is 31.0. The van der Waals surface area contributed by atoms with Crippen molar-refractivity contribution >= 4 is 44.9 Å². The van der Waals surface area contributed by atoms with Gasteiger partial charge >= 0.3 is 5.97 Å². The fraction of sp³-hybridized carbons (Fsp3) is 0.484. The second-order valence-corrected chi connectivity index (χ2v) is 14.0. The number of rotatable bonds is 11. The minimum Gasteiger partial charge on any atom is -0.478 e. The fourth-order valence-electron chi connectivity index (χ4n) is 6.30. The van der Waals surface area contributed by atoms with Crippen LogP contribution in [0.2, 0.25) is 0 Å². The number of anilines is 2. The smallest absolute Gasteiger partial charge is 0.331 e. The first-order valence-electron chi connectivity index (χ1n) is 14.2. The van der Waals surface area contributed by atoms with Crippen molar-refractivity contribution in [2.75, 3.05) is 23.5 Å². The zero-order valence-electron chi connectivity index (χ0n) is 24.0. The Balaban J connectivity index is 1.88. The predicted molar refractivity (Wildman–Crippen MR) is 163 cm³/mol. The van der Waals surface area contributed by atoms with Crippen LogP contribution in [0, 0.1) is 5.41 Å². The van der Waals surface area contributed by atoms with Crippen molar-refractivity contribution in [3.63, 3.8) is 0 Å². The summed E-state index contributed by atoms with van der Waals surface area (Å²) in [5.74, 6) is -1.17. The number of fused-ring (bicyclic) bond motifs is 1. The maximum Gasteiger partial charge on any atom is 0.331 e. The number of primary amides is 1. The molecule has 0 saturated heterocycles. The number of carboxylic acids is 1. The van der Waals surface area contributed by atoms with E-state index in [1.807, 2.05) is 36.6 Å². The molecule has 1 atom stereocenters. The molecule has 1 amide bonds. The Labute approximate surface area is 247 Å². The molecule has 0 radical (unpaired) electrons. The molecule has 41 heavy (non-hydrogen) atoms. The molecule has 4 rings (SSSR count). The number of hydrogen-bond donors (Lipinski definition) is 2. The lowest BCUT2D eigenvalue weighted by molar-refractivity contribution is -0.131. The van der Waals surface area contributed by atoms with Gasteiger partial charge in [-0.05, 0) is 55.7 Å². The highest BCUT2D eigenvalue weighted by Crippen LogP contribution is 2.48. The summed E-state index contributed by atoms with van der Waals surface area (Å²) in [4.78, 5) is 26.4. The highest BCUT2D eigenvalue weighted by atomic mass is 32.2. The van der Waals surface area contributed by atoms with Crippen LogP contribution in [0.4, 0.5) is 11.4 Å². The molecule has 0 spiro atoms. The van der Waals surface area contributed by atoms with Gasteiger partial charge in [-0.15, -0.1) is 11.8 Å². The van der Waals surface area contributed by atoms with E-state index in [9.17, 15) is 18.0 Å². The second kappa shape index (κ2) is 12.5. The first-order valence-corrected chi connectivity index (χ1v) is 17.1. The number of carboxylic acid groups (broad SMARTS) is 1. The van der Waals surface area contributed by atoms with Crippen LogP contribution >= 0.6 is 11.8 Å². The maximum atomic E-state index is 14.0. The van der Waals surface area contributed by atoms with Crippen LogP contribution in [0.1, 0.15) is 70.8 Å². The zero-order chi connectivity index (χ0) is 29.8. The maximum absolute atomic E-state index is 14.0. The van der Waals surface area contributed by atoms with Gasteiger partial charge in [-0.2, -0.15) is 0 Å². The van der Waals surface area contributed by atoms with Crippen molar-refractivity contribution in [2.45, 2.75) is 80.4 Å². The third kappa shape index (κ3) is 6.28. The van der Waals surface area contributed by atoms with Crippen molar-refractivity contribution in [1.29, 1.82) is 0 Å². The molecule has 10 heteroatoms. The zero-order valence-corrected chi connectivity index (χ0v) is 25.7. The van der Waals surface area contributed by atoms with Gasteiger partial charge in [-0.1, -0.05) is 51.7 Å². The molecule has 1 unspecified atom stereocenters. The number of thioether (sulfide) groups is 1. The van der Waals surface area contributed by atoms with E-state index in [2.05, 4.69) is 18.7 Å². The Kier molecular flexibility index (Phi) is 9.43.